The normalized spacial score (nSPS) is 11.7. The summed E-state index contributed by atoms with van der Waals surface area (Å²) in [6.07, 6.45) is 9.80. The van der Waals surface area contributed by atoms with E-state index in [2.05, 4.69) is 27.2 Å². The van der Waals surface area contributed by atoms with Crippen LogP contribution in [0.1, 0.15) is 99.9 Å². The first-order valence-corrected chi connectivity index (χ1v) is 19.0. The number of rotatable bonds is 16. The Morgan fingerprint density at radius 3 is 1.82 bits per heavy atom. The van der Waals surface area contributed by atoms with Crippen LogP contribution in [0.15, 0.2) is 48.7 Å². The number of anilines is 2. The summed E-state index contributed by atoms with van der Waals surface area (Å²) in [4.78, 5) is 66.3. The number of allylic oxidation sites excluding steroid dienone is 1. The molecule has 0 radical (unpaired) electrons. The standard InChI is InChI=1S/C45H50F4N6O5/c1-11-18-50-36(56)22-30-26(3)54(9)39(42(59)53-29-14-16-33(47)35(49)21-29)31(30)23-45(7,8)24-44(5,6)17-12-19-51-43(60)40(57)37-25(2)38(55(10)27(37)4)41(58)52-28-13-15-32(46)34(48)20-28/h1,12-16,19-21H,17-18,22-24H2,2-10H3,(H,50,56)(H,51,60)(H,52,58)(H,53,59)/b19-12-. The minimum absolute atomic E-state index is 0.00895. The molecule has 0 aliphatic heterocycles. The summed E-state index contributed by atoms with van der Waals surface area (Å²) in [5, 5.41) is 10.3. The van der Waals surface area contributed by atoms with Gasteiger partial charge in [0.25, 0.3) is 23.5 Å². The van der Waals surface area contributed by atoms with E-state index in [1.807, 2.05) is 27.7 Å². The number of nitrogens with one attached hydrogen (secondary N) is 4. The molecule has 0 fully saturated rings. The lowest BCUT2D eigenvalue weighted by Crippen LogP contribution is -2.29. The van der Waals surface area contributed by atoms with Gasteiger partial charge in [-0.25, -0.2) is 17.6 Å². The molecule has 11 nitrogen and oxygen atoms in total. The number of halogens is 4. The monoisotopic (exact) mass is 830 g/mol. The molecule has 0 aliphatic rings. The second-order valence-corrected chi connectivity index (χ2v) is 16.4. The van der Waals surface area contributed by atoms with E-state index in [0.717, 1.165) is 24.3 Å². The Morgan fingerprint density at radius 2 is 1.28 bits per heavy atom. The molecular weight excluding hydrogens is 781 g/mol. The number of Topliss-reactive ketones (excluding diaryl/α,β-unsaturated/α-hetero) is 1. The van der Waals surface area contributed by atoms with Gasteiger partial charge >= 0.3 is 0 Å². The van der Waals surface area contributed by atoms with Crippen molar-refractivity contribution in [1.82, 2.24) is 19.8 Å². The summed E-state index contributed by atoms with van der Waals surface area (Å²) in [5.74, 6) is -5.40. The molecule has 0 aliphatic carbocycles. The number of aromatic nitrogens is 2. The van der Waals surface area contributed by atoms with Crippen LogP contribution in [-0.2, 0) is 36.5 Å². The van der Waals surface area contributed by atoms with Crippen molar-refractivity contribution in [2.24, 2.45) is 24.9 Å². The molecule has 0 bridgehead atoms. The average Bonchev–Trinajstić information content (AvgIpc) is 3.52. The molecule has 0 atom stereocenters. The van der Waals surface area contributed by atoms with Gasteiger partial charge in [-0.05, 0) is 91.8 Å². The number of hydrogen-bond donors (Lipinski definition) is 4. The molecule has 0 saturated carbocycles. The summed E-state index contributed by atoms with van der Waals surface area (Å²) < 4.78 is 57.9. The van der Waals surface area contributed by atoms with E-state index in [1.165, 1.54) is 29.8 Å². The van der Waals surface area contributed by atoms with E-state index in [-0.39, 0.29) is 58.2 Å². The number of carbonyl (C=O) groups excluding carboxylic acids is 5. The van der Waals surface area contributed by atoms with Gasteiger partial charge in [0.15, 0.2) is 23.3 Å². The van der Waals surface area contributed by atoms with Gasteiger partial charge < -0.3 is 30.4 Å². The van der Waals surface area contributed by atoms with Gasteiger partial charge in [0.05, 0.1) is 18.5 Å². The van der Waals surface area contributed by atoms with E-state index in [1.54, 1.807) is 38.6 Å². The maximum absolute atomic E-state index is 14.0. The Morgan fingerprint density at radius 1 is 0.750 bits per heavy atom. The molecule has 4 rings (SSSR count). The number of amides is 4. The van der Waals surface area contributed by atoms with Crippen LogP contribution in [-0.4, -0.2) is 45.1 Å². The Labute approximate surface area is 347 Å². The SMILES string of the molecule is C#CCNC(=O)Cc1c(CC(C)(C)CC(C)(C)C/C=C\NC(=O)C(=O)c2c(C)c(C(=O)Nc3ccc(F)c(F)c3)n(C)c2C)c(C(=O)Nc2ccc(F)c(F)c2)n(C)c1C. The van der Waals surface area contributed by atoms with Crippen LogP contribution in [0.25, 0.3) is 0 Å². The summed E-state index contributed by atoms with van der Waals surface area (Å²) in [6.45, 7) is 13.0. The Balaban J connectivity index is 1.48. The lowest BCUT2D eigenvalue weighted by Gasteiger charge is -2.35. The molecule has 318 valence electrons. The molecule has 0 unspecified atom stereocenters. The third-order valence-electron chi connectivity index (χ3n) is 10.4. The molecular formula is C45H50F4N6O5. The van der Waals surface area contributed by atoms with Crippen LogP contribution in [0.3, 0.4) is 0 Å². The largest absolute Gasteiger partial charge is 0.345 e. The number of nitrogens with zero attached hydrogens (tertiary/aromatic N) is 2. The molecule has 15 heteroatoms. The highest BCUT2D eigenvalue weighted by molar-refractivity contribution is 6.44. The quantitative estimate of drug-likeness (QED) is 0.0400. The predicted molar refractivity (Wildman–Crippen MR) is 221 cm³/mol. The van der Waals surface area contributed by atoms with Crippen LogP contribution in [0.2, 0.25) is 0 Å². The van der Waals surface area contributed by atoms with Gasteiger partial charge in [-0.15, -0.1) is 6.42 Å². The number of benzene rings is 2. The fraction of sp³-hybridized carbons (Fsp3) is 0.356. The highest BCUT2D eigenvalue weighted by atomic mass is 19.2. The molecule has 0 spiro atoms. The van der Waals surface area contributed by atoms with Gasteiger partial charge in [0.1, 0.15) is 11.4 Å². The minimum atomic E-state index is -1.14. The summed E-state index contributed by atoms with van der Waals surface area (Å²) >= 11 is 0. The van der Waals surface area contributed by atoms with Crippen LogP contribution in [0.5, 0.6) is 0 Å². The zero-order valence-electron chi connectivity index (χ0n) is 35.2. The van der Waals surface area contributed by atoms with Crippen molar-refractivity contribution in [2.75, 3.05) is 17.2 Å². The first-order valence-electron chi connectivity index (χ1n) is 19.0. The molecule has 60 heavy (non-hydrogen) atoms. The topological polar surface area (TPSA) is 143 Å². The van der Waals surface area contributed by atoms with Crippen molar-refractivity contribution in [3.05, 3.63) is 117 Å². The predicted octanol–water partition coefficient (Wildman–Crippen LogP) is 7.53. The van der Waals surface area contributed by atoms with Gasteiger partial charge in [0.2, 0.25) is 5.91 Å². The highest BCUT2D eigenvalue weighted by Gasteiger charge is 2.34. The Hall–Kier alpha value is -6.43. The molecule has 2 aromatic heterocycles. The number of terminal acetylenes is 1. The van der Waals surface area contributed by atoms with Gasteiger partial charge in [-0.2, -0.15) is 0 Å². The second kappa shape index (κ2) is 18.7. The first-order chi connectivity index (χ1) is 28.0. The van der Waals surface area contributed by atoms with Gasteiger partial charge in [0, 0.05) is 55.2 Å². The molecule has 0 saturated heterocycles. The molecule has 2 aromatic carbocycles. The maximum atomic E-state index is 14.0. The van der Waals surface area contributed by atoms with E-state index < -0.39 is 52.2 Å². The van der Waals surface area contributed by atoms with Crippen molar-refractivity contribution in [3.8, 4) is 12.3 Å². The van der Waals surface area contributed by atoms with Gasteiger partial charge in [-0.1, -0.05) is 39.7 Å². The third kappa shape index (κ3) is 10.8. The molecule has 4 amide bonds. The fourth-order valence-corrected chi connectivity index (χ4v) is 7.78. The van der Waals surface area contributed by atoms with E-state index in [4.69, 9.17) is 6.42 Å². The summed E-state index contributed by atoms with van der Waals surface area (Å²) in [5.41, 5.74) is 2.06. The first kappa shape index (κ1) is 46.3. The number of carbonyl (C=O) groups is 5. The zero-order valence-corrected chi connectivity index (χ0v) is 35.2. The average molecular weight is 831 g/mol. The molecule has 4 aromatic rings. The smallest absolute Gasteiger partial charge is 0.296 e. The van der Waals surface area contributed by atoms with Gasteiger partial charge in [-0.3, -0.25) is 24.0 Å². The van der Waals surface area contributed by atoms with Crippen molar-refractivity contribution >= 4 is 40.8 Å². The second-order valence-electron chi connectivity index (χ2n) is 16.4. The highest BCUT2D eigenvalue weighted by Crippen LogP contribution is 2.41. The summed E-state index contributed by atoms with van der Waals surface area (Å²) in [7, 11) is 3.24. The maximum Gasteiger partial charge on any atom is 0.296 e. The van der Waals surface area contributed by atoms with Crippen molar-refractivity contribution in [2.45, 2.75) is 74.1 Å². The lowest BCUT2D eigenvalue weighted by molar-refractivity contribution is -0.120. The van der Waals surface area contributed by atoms with Crippen LogP contribution in [0.4, 0.5) is 28.9 Å². The van der Waals surface area contributed by atoms with Crippen molar-refractivity contribution < 1.29 is 41.5 Å². The van der Waals surface area contributed by atoms with Crippen LogP contribution < -0.4 is 21.3 Å². The summed E-state index contributed by atoms with van der Waals surface area (Å²) in [6, 6.07) is 5.96. The molecule has 2 heterocycles. The van der Waals surface area contributed by atoms with E-state index in [9.17, 15) is 41.5 Å². The van der Waals surface area contributed by atoms with E-state index in [0.29, 0.717) is 41.8 Å². The fourth-order valence-electron chi connectivity index (χ4n) is 7.78. The third-order valence-corrected chi connectivity index (χ3v) is 10.4. The minimum Gasteiger partial charge on any atom is -0.345 e. The number of ketones is 1. The van der Waals surface area contributed by atoms with Crippen molar-refractivity contribution in [3.63, 3.8) is 0 Å². The van der Waals surface area contributed by atoms with E-state index >= 15 is 0 Å². The van der Waals surface area contributed by atoms with Crippen molar-refractivity contribution in [1.29, 1.82) is 0 Å². The van der Waals surface area contributed by atoms with Crippen LogP contribution >= 0.6 is 0 Å². The Kier molecular flexibility index (Phi) is 14.4. The Bertz CT molecular complexity index is 2440. The number of hydrogen-bond acceptors (Lipinski definition) is 5. The zero-order chi connectivity index (χ0) is 44.9. The van der Waals surface area contributed by atoms with Crippen LogP contribution in [0, 0.1) is 67.2 Å². The lowest BCUT2D eigenvalue weighted by atomic mass is 9.70. The molecule has 4 N–H and O–H groups in total.